The second-order valence-electron chi connectivity index (χ2n) is 8.94. The largest absolute Gasteiger partial charge is 0.390 e. The fourth-order valence-electron chi connectivity index (χ4n) is 4.35. The lowest BCUT2D eigenvalue weighted by Crippen LogP contribution is -2.47. The first kappa shape index (κ1) is 24.5. The smallest absolute Gasteiger partial charge is 0.317 e. The third-order valence-corrected chi connectivity index (χ3v) is 7.11. The van der Waals surface area contributed by atoms with Crippen LogP contribution in [-0.4, -0.2) is 77.2 Å². The van der Waals surface area contributed by atoms with Gasteiger partial charge in [0.25, 0.3) is 0 Å². The zero-order valence-electron chi connectivity index (χ0n) is 18.4. The number of hydrogen-bond donors (Lipinski definition) is 2. The summed E-state index contributed by atoms with van der Waals surface area (Å²) >= 11 is 1.27. The number of thioether (sulfide) groups is 1. The topological polar surface area (TPSA) is 72.9 Å². The predicted octanol–water partition coefficient (Wildman–Crippen LogP) is 3.34. The molecule has 168 valence electrons. The number of urea groups is 1. The monoisotopic (exact) mass is 427 g/mol. The molecule has 1 heterocycles. The van der Waals surface area contributed by atoms with Gasteiger partial charge in [-0.1, -0.05) is 50.8 Å². The number of carbonyl (C=O) groups excluding carboxylic acids is 2. The highest BCUT2D eigenvalue weighted by atomic mass is 32.2. The summed E-state index contributed by atoms with van der Waals surface area (Å²) in [5, 5.41) is 13.4. The highest BCUT2D eigenvalue weighted by Gasteiger charge is 2.21. The van der Waals surface area contributed by atoms with Gasteiger partial charge in [-0.2, -0.15) is 0 Å². The molecule has 0 aromatic heterocycles. The molecule has 0 bridgehead atoms. The van der Waals surface area contributed by atoms with E-state index in [0.717, 1.165) is 32.0 Å². The third-order valence-electron chi connectivity index (χ3n) is 6.32. The zero-order chi connectivity index (χ0) is 21.1. The Bertz CT molecular complexity index is 492. The lowest BCUT2D eigenvalue weighted by molar-refractivity contribution is -0.109. The lowest BCUT2D eigenvalue weighted by Gasteiger charge is -2.32. The molecule has 2 N–H and O–H groups in total. The quantitative estimate of drug-likeness (QED) is 0.559. The van der Waals surface area contributed by atoms with E-state index in [1.807, 2.05) is 4.90 Å². The molecular formula is C22H41N3O3S. The minimum atomic E-state index is -0.542. The average molecular weight is 428 g/mol. The van der Waals surface area contributed by atoms with Crippen molar-refractivity contribution < 1.29 is 14.7 Å². The maximum atomic E-state index is 12.7. The van der Waals surface area contributed by atoms with Gasteiger partial charge in [-0.3, -0.25) is 4.79 Å². The Balaban J connectivity index is 1.74. The number of aliphatic hydroxyl groups is 1. The van der Waals surface area contributed by atoms with Gasteiger partial charge < -0.3 is 20.2 Å². The van der Waals surface area contributed by atoms with Crippen LogP contribution < -0.4 is 5.32 Å². The fourth-order valence-corrected chi connectivity index (χ4v) is 4.95. The normalized spacial score (nSPS) is 20.4. The number of nitrogens with zero attached hydrogens (tertiary/aromatic N) is 2. The van der Waals surface area contributed by atoms with E-state index in [4.69, 9.17) is 0 Å². The molecule has 1 unspecified atom stereocenters. The van der Waals surface area contributed by atoms with E-state index in [1.54, 1.807) is 6.92 Å². The predicted molar refractivity (Wildman–Crippen MR) is 120 cm³/mol. The number of nitrogens with one attached hydrogen (secondary N) is 1. The summed E-state index contributed by atoms with van der Waals surface area (Å²) < 4.78 is 0. The van der Waals surface area contributed by atoms with Gasteiger partial charge in [-0.25, -0.2) is 4.79 Å². The Morgan fingerprint density at radius 1 is 1.14 bits per heavy atom. The Morgan fingerprint density at radius 2 is 1.83 bits per heavy atom. The Kier molecular flexibility index (Phi) is 11.4. The van der Waals surface area contributed by atoms with Crippen LogP contribution in [0.15, 0.2) is 0 Å². The molecule has 1 saturated heterocycles. The van der Waals surface area contributed by atoms with Gasteiger partial charge >= 0.3 is 6.03 Å². The van der Waals surface area contributed by atoms with Gasteiger partial charge in [0, 0.05) is 38.9 Å². The number of aliphatic hydroxyl groups excluding tert-OH is 1. The summed E-state index contributed by atoms with van der Waals surface area (Å²) in [5.41, 5.74) is 0. The van der Waals surface area contributed by atoms with Gasteiger partial charge in [-0.05, 0) is 44.2 Å². The maximum absolute atomic E-state index is 12.7. The number of piperidine rings is 1. The Hall–Kier alpha value is -0.790. The van der Waals surface area contributed by atoms with Crippen LogP contribution in [0.25, 0.3) is 0 Å². The molecule has 2 amide bonds. The molecule has 2 fully saturated rings. The highest BCUT2D eigenvalue weighted by molar-refractivity contribution is 8.13. The van der Waals surface area contributed by atoms with Crippen molar-refractivity contribution in [1.82, 2.24) is 15.1 Å². The summed E-state index contributed by atoms with van der Waals surface area (Å²) in [6, 6.07) is -0.115. The van der Waals surface area contributed by atoms with Crippen molar-refractivity contribution in [3.05, 3.63) is 0 Å². The van der Waals surface area contributed by atoms with Gasteiger partial charge in [0.15, 0.2) is 5.12 Å². The van der Waals surface area contributed by atoms with E-state index in [0.29, 0.717) is 24.8 Å². The molecule has 2 aliphatic rings. The van der Waals surface area contributed by atoms with E-state index < -0.39 is 6.10 Å². The molecule has 0 spiro atoms. The van der Waals surface area contributed by atoms with Crippen LogP contribution in [-0.2, 0) is 4.79 Å². The molecular weight excluding hydrogens is 386 g/mol. The number of hydrogen-bond acceptors (Lipinski definition) is 5. The average Bonchev–Trinajstić information content (AvgIpc) is 2.71. The molecule has 1 aliphatic heterocycles. The molecule has 29 heavy (non-hydrogen) atoms. The minimum Gasteiger partial charge on any atom is -0.390 e. The van der Waals surface area contributed by atoms with Gasteiger partial charge in [0.1, 0.15) is 0 Å². The van der Waals surface area contributed by atoms with Gasteiger partial charge in [-0.15, -0.1) is 0 Å². The van der Waals surface area contributed by atoms with E-state index >= 15 is 0 Å². The number of likely N-dealkylation sites (tertiary alicyclic amines) is 1. The minimum absolute atomic E-state index is 0.0870. The second-order valence-corrected chi connectivity index (χ2v) is 10.2. The maximum Gasteiger partial charge on any atom is 0.317 e. The van der Waals surface area contributed by atoms with Crippen LogP contribution in [0, 0.1) is 11.8 Å². The van der Waals surface area contributed by atoms with E-state index in [1.165, 1.54) is 56.7 Å². The lowest BCUT2D eigenvalue weighted by atomic mass is 9.87. The fraction of sp³-hybridized carbons (Fsp3) is 0.909. The molecule has 6 nitrogen and oxygen atoms in total. The van der Waals surface area contributed by atoms with Crippen LogP contribution in [0.1, 0.15) is 65.2 Å². The highest BCUT2D eigenvalue weighted by Crippen LogP contribution is 2.26. The van der Waals surface area contributed by atoms with Gasteiger partial charge in [0.2, 0.25) is 0 Å². The summed E-state index contributed by atoms with van der Waals surface area (Å²) in [6.07, 6.45) is 9.34. The first-order valence-electron chi connectivity index (χ1n) is 11.5. The standard InChI is InChI=1S/C22H41N3O3S/c1-18-8-11-24(12-9-18)17-21(27)16-23-22(28)25(14-15-29-19(2)26)13-10-20-6-4-3-5-7-20/h18,20-21,27H,3-17H2,1-2H3,(H,23,28). The van der Waals surface area contributed by atoms with Crippen molar-refractivity contribution >= 4 is 22.9 Å². The number of β-amino-alcohol motifs (C(OH)–C–C–N with tert-alkyl or cyclic N) is 1. The number of rotatable bonds is 10. The number of carbonyl (C=O) groups is 2. The Morgan fingerprint density at radius 3 is 2.48 bits per heavy atom. The summed E-state index contributed by atoms with van der Waals surface area (Å²) in [4.78, 5) is 28.1. The molecule has 2 rings (SSSR count). The van der Waals surface area contributed by atoms with Crippen molar-refractivity contribution in [2.24, 2.45) is 11.8 Å². The molecule has 1 atom stereocenters. The first-order chi connectivity index (χ1) is 13.9. The van der Waals surface area contributed by atoms with E-state index in [2.05, 4.69) is 17.1 Å². The number of amides is 2. The van der Waals surface area contributed by atoms with E-state index in [9.17, 15) is 14.7 Å². The van der Waals surface area contributed by atoms with Crippen LogP contribution in [0.4, 0.5) is 4.79 Å². The molecule has 0 radical (unpaired) electrons. The second kappa shape index (κ2) is 13.5. The van der Waals surface area contributed by atoms with E-state index in [-0.39, 0.29) is 17.7 Å². The van der Waals surface area contributed by atoms with Crippen molar-refractivity contribution in [1.29, 1.82) is 0 Å². The van der Waals surface area contributed by atoms with Crippen molar-refractivity contribution in [2.45, 2.75) is 71.3 Å². The van der Waals surface area contributed by atoms with Crippen LogP contribution >= 0.6 is 11.8 Å². The van der Waals surface area contributed by atoms with Crippen LogP contribution in [0.3, 0.4) is 0 Å². The molecule has 1 aliphatic carbocycles. The third kappa shape index (κ3) is 10.2. The van der Waals surface area contributed by atoms with Crippen molar-refractivity contribution in [3.8, 4) is 0 Å². The van der Waals surface area contributed by atoms with Crippen LogP contribution in [0.2, 0.25) is 0 Å². The SMILES string of the molecule is CC(=O)SCCN(CCC1CCCCC1)C(=O)NCC(O)CN1CCC(C)CC1. The Labute approximate surface area is 181 Å². The molecule has 0 aromatic rings. The summed E-state index contributed by atoms with van der Waals surface area (Å²) in [5.74, 6) is 2.11. The summed E-state index contributed by atoms with van der Waals surface area (Å²) in [6.45, 7) is 8.11. The molecule has 0 aromatic carbocycles. The molecule has 7 heteroatoms. The zero-order valence-corrected chi connectivity index (χ0v) is 19.2. The van der Waals surface area contributed by atoms with Crippen molar-refractivity contribution in [3.63, 3.8) is 0 Å². The van der Waals surface area contributed by atoms with Gasteiger partial charge in [0.05, 0.1) is 6.10 Å². The summed E-state index contributed by atoms with van der Waals surface area (Å²) in [7, 11) is 0. The first-order valence-corrected chi connectivity index (χ1v) is 12.5. The van der Waals surface area contributed by atoms with Crippen molar-refractivity contribution in [2.75, 3.05) is 45.0 Å². The molecule has 1 saturated carbocycles. The van der Waals surface area contributed by atoms with Crippen LogP contribution in [0.5, 0.6) is 0 Å².